The maximum absolute atomic E-state index is 13.8. The molecule has 0 fully saturated rings. The van der Waals surface area contributed by atoms with Crippen LogP contribution >= 0.6 is 23.2 Å². The zero-order chi connectivity index (χ0) is 26.1. The minimum absolute atomic E-state index is 0.342. The number of methoxy groups -OCH3 is 2. The fraction of sp³-hybridized carbons (Fsp3) is 0.148. The number of hydrogen-bond acceptors (Lipinski definition) is 6. The highest BCUT2D eigenvalue weighted by Crippen LogP contribution is 2.41. The van der Waals surface area contributed by atoms with Crippen molar-refractivity contribution in [3.63, 3.8) is 0 Å². The third-order valence-corrected chi connectivity index (χ3v) is 6.62. The van der Waals surface area contributed by atoms with Gasteiger partial charge in [-0.1, -0.05) is 53.5 Å². The molecule has 188 valence electrons. The van der Waals surface area contributed by atoms with Gasteiger partial charge in [-0.05, 0) is 43.3 Å². The lowest BCUT2D eigenvalue weighted by atomic mass is 9.95. The molecule has 1 amide bonds. The van der Waals surface area contributed by atoms with Crippen molar-refractivity contribution in [2.45, 2.75) is 13.0 Å². The van der Waals surface area contributed by atoms with E-state index in [9.17, 15) is 4.79 Å². The van der Waals surface area contributed by atoms with Gasteiger partial charge in [0, 0.05) is 21.3 Å². The lowest BCUT2D eigenvalue weighted by Gasteiger charge is -2.29. The van der Waals surface area contributed by atoms with Crippen molar-refractivity contribution in [3.05, 3.63) is 93.6 Å². The van der Waals surface area contributed by atoms with Gasteiger partial charge in [-0.3, -0.25) is 4.79 Å². The van der Waals surface area contributed by atoms with Gasteiger partial charge in [-0.25, -0.2) is 4.68 Å². The summed E-state index contributed by atoms with van der Waals surface area (Å²) in [5.74, 6) is 1.73. The molecule has 0 spiro atoms. The number of allylic oxidation sites excluding steroid dienone is 1. The van der Waals surface area contributed by atoms with Crippen molar-refractivity contribution < 1.29 is 14.3 Å². The average molecular weight is 536 g/mol. The van der Waals surface area contributed by atoms with Crippen LogP contribution in [-0.2, 0) is 4.79 Å². The summed E-state index contributed by atoms with van der Waals surface area (Å²) in [5, 5.41) is 11.9. The Bertz CT molecular complexity index is 1530. The fourth-order valence-corrected chi connectivity index (χ4v) is 4.85. The number of carbonyl (C=O) groups is 1. The maximum Gasteiger partial charge on any atom is 0.255 e. The van der Waals surface area contributed by atoms with Crippen LogP contribution < -0.4 is 20.1 Å². The molecule has 37 heavy (non-hydrogen) atoms. The van der Waals surface area contributed by atoms with Crippen molar-refractivity contribution in [2.75, 3.05) is 24.9 Å². The minimum Gasteiger partial charge on any atom is -0.496 e. The summed E-state index contributed by atoms with van der Waals surface area (Å²) in [6, 6.07) is 19.1. The topological polar surface area (TPSA) is 90.3 Å². The number of amides is 1. The summed E-state index contributed by atoms with van der Waals surface area (Å²) in [5.41, 5.74) is 2.92. The number of anilines is 2. The van der Waals surface area contributed by atoms with Gasteiger partial charge in [0.1, 0.15) is 17.5 Å². The molecule has 4 aromatic rings. The molecule has 0 radical (unpaired) electrons. The molecular weight excluding hydrogens is 513 g/mol. The van der Waals surface area contributed by atoms with Crippen LogP contribution in [0.2, 0.25) is 10.0 Å². The molecule has 5 rings (SSSR count). The summed E-state index contributed by atoms with van der Waals surface area (Å²) < 4.78 is 12.6. The number of hydrogen-bond donors (Lipinski definition) is 2. The molecule has 2 heterocycles. The van der Waals surface area contributed by atoms with Crippen molar-refractivity contribution in [2.24, 2.45) is 0 Å². The van der Waals surface area contributed by atoms with Crippen LogP contribution in [0.15, 0.2) is 78.0 Å². The first kappa shape index (κ1) is 24.7. The van der Waals surface area contributed by atoms with E-state index >= 15 is 0 Å². The molecule has 3 aromatic carbocycles. The van der Waals surface area contributed by atoms with E-state index in [2.05, 4.69) is 10.6 Å². The van der Waals surface area contributed by atoms with Gasteiger partial charge >= 0.3 is 0 Å². The molecule has 1 aliphatic heterocycles. The first-order chi connectivity index (χ1) is 17.9. The Kier molecular flexibility index (Phi) is 6.78. The number of nitrogens with one attached hydrogen (secondary N) is 2. The Hall–Kier alpha value is -4.01. The molecule has 1 aliphatic rings. The Morgan fingerprint density at radius 3 is 2.43 bits per heavy atom. The van der Waals surface area contributed by atoms with Gasteiger partial charge in [0.25, 0.3) is 5.91 Å². The van der Waals surface area contributed by atoms with Gasteiger partial charge in [0.15, 0.2) is 5.82 Å². The lowest BCUT2D eigenvalue weighted by Crippen LogP contribution is -2.31. The molecule has 8 nitrogen and oxygen atoms in total. The quantitative estimate of drug-likeness (QED) is 0.305. The van der Waals surface area contributed by atoms with Gasteiger partial charge in [-0.15, -0.1) is 5.10 Å². The van der Waals surface area contributed by atoms with E-state index in [0.717, 1.165) is 0 Å². The van der Waals surface area contributed by atoms with Crippen LogP contribution in [-0.4, -0.2) is 34.9 Å². The van der Waals surface area contributed by atoms with Crippen molar-refractivity contribution in [1.29, 1.82) is 0 Å². The number of para-hydroxylation sites is 3. The number of nitrogens with zero attached hydrogens (tertiary/aromatic N) is 3. The van der Waals surface area contributed by atoms with E-state index in [-0.39, 0.29) is 5.91 Å². The van der Waals surface area contributed by atoms with Crippen molar-refractivity contribution >= 4 is 40.7 Å². The highest BCUT2D eigenvalue weighted by Gasteiger charge is 2.36. The standard InChI is InChI=1S/C27H23Cl2N5O3/c1-15-23(26(35)31-20-9-5-7-11-22(20)37-3)24(17-13-12-16(28)14-19(17)29)34-27(30-15)32-25(33-34)18-8-4-6-10-21(18)36-2/h4-14,24H,1-3H3,(H,31,35)(H,30,32,33). The van der Waals surface area contributed by atoms with E-state index in [1.807, 2.05) is 43.3 Å². The van der Waals surface area contributed by atoms with Crippen LogP contribution in [0.3, 0.4) is 0 Å². The van der Waals surface area contributed by atoms with E-state index in [4.69, 9.17) is 42.8 Å². The van der Waals surface area contributed by atoms with Crippen LogP contribution in [0.1, 0.15) is 18.5 Å². The summed E-state index contributed by atoms with van der Waals surface area (Å²) >= 11 is 12.9. The zero-order valence-corrected chi connectivity index (χ0v) is 21.8. The van der Waals surface area contributed by atoms with Crippen LogP contribution in [0.5, 0.6) is 11.5 Å². The van der Waals surface area contributed by atoms with E-state index < -0.39 is 6.04 Å². The second kappa shape index (κ2) is 10.2. The number of ether oxygens (including phenoxy) is 2. The normalized spacial score (nSPS) is 14.6. The van der Waals surface area contributed by atoms with E-state index in [0.29, 0.717) is 61.4 Å². The van der Waals surface area contributed by atoms with Crippen LogP contribution in [0, 0.1) is 0 Å². The Morgan fingerprint density at radius 1 is 1.00 bits per heavy atom. The Morgan fingerprint density at radius 2 is 1.70 bits per heavy atom. The number of fused-ring (bicyclic) bond motifs is 1. The second-order valence-electron chi connectivity index (χ2n) is 8.29. The summed E-state index contributed by atoms with van der Waals surface area (Å²) in [6.45, 7) is 1.81. The first-order valence-electron chi connectivity index (χ1n) is 11.4. The maximum atomic E-state index is 13.8. The van der Waals surface area contributed by atoms with Crippen molar-refractivity contribution in [3.8, 4) is 22.9 Å². The first-order valence-corrected chi connectivity index (χ1v) is 12.1. The number of aromatic nitrogens is 3. The molecule has 1 aromatic heterocycles. The number of benzene rings is 3. The molecular formula is C27H23Cl2N5O3. The highest BCUT2D eigenvalue weighted by atomic mass is 35.5. The summed E-state index contributed by atoms with van der Waals surface area (Å²) in [6.07, 6.45) is 0. The van der Waals surface area contributed by atoms with Gasteiger partial charge in [0.2, 0.25) is 5.95 Å². The third-order valence-electron chi connectivity index (χ3n) is 6.06. The number of carbonyl (C=O) groups excluding carboxylic acids is 1. The number of halogens is 2. The molecule has 0 bridgehead atoms. The van der Waals surface area contributed by atoms with Crippen LogP contribution in [0.25, 0.3) is 11.4 Å². The molecule has 0 saturated carbocycles. The van der Waals surface area contributed by atoms with Crippen LogP contribution in [0.4, 0.5) is 11.6 Å². The highest BCUT2D eigenvalue weighted by molar-refractivity contribution is 6.35. The summed E-state index contributed by atoms with van der Waals surface area (Å²) in [4.78, 5) is 18.5. The van der Waals surface area contributed by atoms with Crippen molar-refractivity contribution in [1.82, 2.24) is 14.8 Å². The minimum atomic E-state index is -0.688. The van der Waals surface area contributed by atoms with E-state index in [1.54, 1.807) is 49.2 Å². The Balaban J connectivity index is 1.64. The molecule has 0 aliphatic carbocycles. The van der Waals surface area contributed by atoms with Gasteiger partial charge in [-0.2, -0.15) is 4.98 Å². The molecule has 1 unspecified atom stereocenters. The SMILES string of the molecule is COc1ccccc1NC(=O)C1=C(C)Nc2nc(-c3ccccc3OC)nn2C1c1ccc(Cl)cc1Cl. The lowest BCUT2D eigenvalue weighted by molar-refractivity contribution is -0.113. The average Bonchev–Trinajstić information content (AvgIpc) is 3.32. The fourth-order valence-electron chi connectivity index (χ4n) is 4.34. The number of rotatable bonds is 6. The molecule has 2 N–H and O–H groups in total. The molecule has 10 heteroatoms. The second-order valence-corrected chi connectivity index (χ2v) is 9.13. The zero-order valence-electron chi connectivity index (χ0n) is 20.3. The molecule has 1 atom stereocenters. The predicted octanol–water partition coefficient (Wildman–Crippen LogP) is 6.20. The van der Waals surface area contributed by atoms with Gasteiger partial charge < -0.3 is 20.1 Å². The summed E-state index contributed by atoms with van der Waals surface area (Å²) in [7, 11) is 3.14. The third kappa shape index (κ3) is 4.61. The predicted molar refractivity (Wildman–Crippen MR) is 145 cm³/mol. The monoisotopic (exact) mass is 535 g/mol. The Labute approximate surface area is 223 Å². The van der Waals surface area contributed by atoms with Gasteiger partial charge in [0.05, 0.1) is 31.0 Å². The molecule has 0 saturated heterocycles. The largest absolute Gasteiger partial charge is 0.496 e. The van der Waals surface area contributed by atoms with E-state index in [1.165, 1.54) is 0 Å². The smallest absolute Gasteiger partial charge is 0.255 e.